The molecule has 1 atom stereocenters. The number of piperazine rings is 1. The molecule has 1 saturated heterocycles. The molecule has 1 fully saturated rings. The smallest absolute Gasteiger partial charge is 0.251 e. The lowest BCUT2D eigenvalue weighted by atomic mass is 10.1. The van der Waals surface area contributed by atoms with E-state index in [4.69, 9.17) is 4.98 Å². The molecule has 8 heteroatoms. The highest BCUT2D eigenvalue weighted by atomic mass is 19.1. The van der Waals surface area contributed by atoms with Gasteiger partial charge in [-0.25, -0.2) is 9.37 Å². The summed E-state index contributed by atoms with van der Waals surface area (Å²) >= 11 is 0. The second-order valence-corrected chi connectivity index (χ2v) is 8.12. The minimum atomic E-state index is -0.247. The number of hydrogen-bond acceptors (Lipinski definition) is 5. The highest BCUT2D eigenvalue weighted by Crippen LogP contribution is 2.29. The highest BCUT2D eigenvalue weighted by Gasteiger charge is 2.25. The van der Waals surface area contributed by atoms with Crippen molar-refractivity contribution in [2.45, 2.75) is 13.0 Å². The number of hydrogen-bond donors (Lipinski definition) is 2. The van der Waals surface area contributed by atoms with E-state index in [9.17, 15) is 9.18 Å². The molecule has 2 N–H and O–H groups in total. The standard InChI is InChI=1S/C24H25FN6O/c1-15(23-28-20-5-3-16(24(32)26-2)13-21(20)29-23)30-9-11-31(12-10-30)22-7-8-27-19-6-4-17(25)14-18(19)22/h3-8,13-15H,9-12H2,1-2H3,(H,26,32)(H,28,29). The van der Waals surface area contributed by atoms with Crippen molar-refractivity contribution in [1.82, 2.24) is 25.2 Å². The summed E-state index contributed by atoms with van der Waals surface area (Å²) in [6.45, 7) is 5.54. The number of pyridine rings is 1. The zero-order chi connectivity index (χ0) is 22.2. The fraction of sp³-hybridized carbons (Fsp3) is 0.292. The quantitative estimate of drug-likeness (QED) is 0.516. The van der Waals surface area contributed by atoms with Gasteiger partial charge in [-0.2, -0.15) is 0 Å². The Hall–Kier alpha value is -3.52. The van der Waals surface area contributed by atoms with Gasteiger partial charge in [0.2, 0.25) is 0 Å². The summed E-state index contributed by atoms with van der Waals surface area (Å²) in [5, 5.41) is 3.49. The molecule has 32 heavy (non-hydrogen) atoms. The lowest BCUT2D eigenvalue weighted by molar-refractivity contribution is 0.0963. The molecule has 3 heterocycles. The maximum absolute atomic E-state index is 13.8. The Morgan fingerprint density at radius 2 is 1.88 bits per heavy atom. The lowest BCUT2D eigenvalue weighted by Gasteiger charge is -2.38. The van der Waals surface area contributed by atoms with E-state index in [1.807, 2.05) is 18.2 Å². The Kier molecular flexibility index (Phi) is 5.22. The van der Waals surface area contributed by atoms with Gasteiger partial charge in [0.15, 0.2) is 0 Å². The van der Waals surface area contributed by atoms with Gasteiger partial charge in [0, 0.05) is 56.1 Å². The Labute approximate surface area is 185 Å². The van der Waals surface area contributed by atoms with Crippen LogP contribution in [-0.2, 0) is 0 Å². The third-order valence-corrected chi connectivity index (χ3v) is 6.27. The third kappa shape index (κ3) is 3.67. The second-order valence-electron chi connectivity index (χ2n) is 8.12. The number of carbonyl (C=O) groups excluding carboxylic acids is 1. The largest absolute Gasteiger partial charge is 0.368 e. The minimum absolute atomic E-state index is 0.111. The number of amides is 1. The van der Waals surface area contributed by atoms with Crippen LogP contribution in [0.2, 0.25) is 0 Å². The summed E-state index contributed by atoms with van der Waals surface area (Å²) in [5.41, 5.74) is 4.14. The van der Waals surface area contributed by atoms with Gasteiger partial charge >= 0.3 is 0 Å². The first kappa shape index (κ1) is 20.4. The maximum Gasteiger partial charge on any atom is 0.251 e. The topological polar surface area (TPSA) is 77.2 Å². The van der Waals surface area contributed by atoms with Gasteiger partial charge < -0.3 is 15.2 Å². The molecule has 1 aliphatic rings. The predicted molar refractivity (Wildman–Crippen MR) is 123 cm³/mol. The van der Waals surface area contributed by atoms with E-state index >= 15 is 0 Å². The van der Waals surface area contributed by atoms with Crippen molar-refractivity contribution in [2.24, 2.45) is 0 Å². The number of nitrogens with zero attached hydrogens (tertiary/aromatic N) is 4. The minimum Gasteiger partial charge on any atom is -0.368 e. The number of benzene rings is 2. The first-order valence-corrected chi connectivity index (χ1v) is 10.8. The third-order valence-electron chi connectivity index (χ3n) is 6.27. The molecule has 5 rings (SSSR count). The molecule has 1 unspecified atom stereocenters. The van der Waals surface area contributed by atoms with E-state index in [0.29, 0.717) is 5.56 Å². The first-order valence-electron chi connectivity index (χ1n) is 10.8. The van der Waals surface area contributed by atoms with Crippen molar-refractivity contribution >= 4 is 33.5 Å². The number of nitrogens with one attached hydrogen (secondary N) is 2. The van der Waals surface area contributed by atoms with Gasteiger partial charge in [-0.15, -0.1) is 0 Å². The summed E-state index contributed by atoms with van der Waals surface area (Å²) in [7, 11) is 1.62. The monoisotopic (exact) mass is 432 g/mol. The number of H-pyrrole nitrogens is 1. The molecule has 164 valence electrons. The summed E-state index contributed by atoms with van der Waals surface area (Å²) in [6, 6.07) is 12.3. The maximum atomic E-state index is 13.8. The van der Waals surface area contributed by atoms with Crippen LogP contribution in [0.3, 0.4) is 0 Å². The van der Waals surface area contributed by atoms with E-state index < -0.39 is 0 Å². The number of carbonyl (C=O) groups is 1. The fourth-order valence-corrected chi connectivity index (χ4v) is 4.42. The van der Waals surface area contributed by atoms with Gasteiger partial charge in [-0.05, 0) is 49.4 Å². The Bertz CT molecular complexity index is 1290. The molecular weight excluding hydrogens is 407 g/mol. The van der Waals surface area contributed by atoms with Crippen molar-refractivity contribution < 1.29 is 9.18 Å². The van der Waals surface area contributed by atoms with Crippen LogP contribution in [0.15, 0.2) is 48.7 Å². The number of fused-ring (bicyclic) bond motifs is 2. The normalized spacial score (nSPS) is 15.9. The molecular formula is C24H25FN6O. The molecule has 4 aromatic rings. The van der Waals surface area contributed by atoms with Gasteiger partial charge in [0.1, 0.15) is 11.6 Å². The zero-order valence-electron chi connectivity index (χ0n) is 18.1. The molecule has 0 spiro atoms. The lowest BCUT2D eigenvalue weighted by Crippen LogP contribution is -2.47. The average molecular weight is 433 g/mol. The number of anilines is 1. The SMILES string of the molecule is CNC(=O)c1ccc2nc(C(C)N3CCN(c4ccnc5ccc(F)cc45)CC3)[nH]c2c1. The van der Waals surface area contributed by atoms with Crippen LogP contribution in [0.5, 0.6) is 0 Å². The van der Waals surface area contributed by atoms with Crippen LogP contribution < -0.4 is 10.2 Å². The van der Waals surface area contributed by atoms with Crippen LogP contribution in [0.4, 0.5) is 10.1 Å². The van der Waals surface area contributed by atoms with Crippen molar-refractivity contribution in [3.05, 3.63) is 65.9 Å². The van der Waals surface area contributed by atoms with Crippen LogP contribution in [-0.4, -0.2) is 59.0 Å². The van der Waals surface area contributed by atoms with E-state index in [2.05, 4.69) is 32.0 Å². The number of aromatic amines is 1. The predicted octanol–water partition coefficient (Wildman–Crippen LogP) is 3.49. The van der Waals surface area contributed by atoms with Crippen LogP contribution >= 0.6 is 0 Å². The van der Waals surface area contributed by atoms with E-state index in [0.717, 1.165) is 59.6 Å². The molecule has 0 saturated carbocycles. The number of halogens is 1. The van der Waals surface area contributed by atoms with Crippen molar-refractivity contribution in [3.63, 3.8) is 0 Å². The zero-order valence-corrected chi connectivity index (χ0v) is 18.1. The molecule has 0 aliphatic carbocycles. The van der Waals surface area contributed by atoms with E-state index in [-0.39, 0.29) is 17.8 Å². The summed E-state index contributed by atoms with van der Waals surface area (Å²) in [4.78, 5) is 29.1. The summed E-state index contributed by atoms with van der Waals surface area (Å²) in [6.07, 6.45) is 1.78. The van der Waals surface area contributed by atoms with Gasteiger partial charge in [-0.1, -0.05) is 0 Å². The second kappa shape index (κ2) is 8.20. The molecule has 2 aromatic carbocycles. The number of rotatable bonds is 4. The van der Waals surface area contributed by atoms with Gasteiger partial charge in [-0.3, -0.25) is 14.7 Å². The van der Waals surface area contributed by atoms with Crippen molar-refractivity contribution in [3.8, 4) is 0 Å². The average Bonchev–Trinajstić information content (AvgIpc) is 3.26. The number of aromatic nitrogens is 3. The van der Waals surface area contributed by atoms with E-state index in [1.54, 1.807) is 31.4 Å². The molecule has 1 amide bonds. The van der Waals surface area contributed by atoms with Crippen molar-refractivity contribution in [1.29, 1.82) is 0 Å². The summed E-state index contributed by atoms with van der Waals surface area (Å²) in [5.74, 6) is 0.526. The molecule has 2 aromatic heterocycles. The van der Waals surface area contributed by atoms with E-state index in [1.165, 1.54) is 6.07 Å². The first-order chi connectivity index (χ1) is 15.5. The number of imidazole rings is 1. The molecule has 7 nitrogen and oxygen atoms in total. The Balaban J connectivity index is 1.32. The highest BCUT2D eigenvalue weighted by molar-refractivity contribution is 5.97. The van der Waals surface area contributed by atoms with Gasteiger partial charge in [0.25, 0.3) is 5.91 Å². The molecule has 0 radical (unpaired) electrons. The molecule has 1 aliphatic heterocycles. The Morgan fingerprint density at radius 1 is 1.09 bits per heavy atom. The fourth-order valence-electron chi connectivity index (χ4n) is 4.42. The summed E-state index contributed by atoms with van der Waals surface area (Å²) < 4.78 is 13.8. The van der Waals surface area contributed by atoms with Crippen molar-refractivity contribution in [2.75, 3.05) is 38.1 Å². The van der Waals surface area contributed by atoms with Crippen LogP contribution in [0.1, 0.15) is 29.1 Å². The van der Waals surface area contributed by atoms with Gasteiger partial charge in [0.05, 0.1) is 22.6 Å². The Morgan fingerprint density at radius 3 is 2.66 bits per heavy atom. The van der Waals surface area contributed by atoms with Crippen LogP contribution in [0, 0.1) is 5.82 Å². The van der Waals surface area contributed by atoms with Crippen LogP contribution in [0.25, 0.3) is 21.9 Å². The molecule has 0 bridgehead atoms.